The molecule has 0 saturated heterocycles. The van der Waals surface area contributed by atoms with Crippen LogP contribution in [0.1, 0.15) is 18.2 Å². The van der Waals surface area contributed by atoms with Crippen LogP contribution >= 0.6 is 36.2 Å². The average Bonchev–Trinajstić information content (AvgIpc) is 2.91. The molecule has 0 bridgehead atoms. The van der Waals surface area contributed by atoms with Crippen LogP contribution < -0.4 is 5.73 Å². The maximum atomic E-state index is 12.5. The van der Waals surface area contributed by atoms with Crippen LogP contribution in [0.25, 0.3) is 0 Å². The lowest BCUT2D eigenvalue weighted by molar-refractivity contribution is -0.136. The van der Waals surface area contributed by atoms with Gasteiger partial charge < -0.3 is 10.6 Å². The molecule has 21 heavy (non-hydrogen) atoms. The smallest absolute Gasteiger partial charge is 0.247 e. The minimum atomic E-state index is -1.02. The highest BCUT2D eigenvalue weighted by molar-refractivity contribution is 7.07. The van der Waals surface area contributed by atoms with Crippen molar-refractivity contribution < 1.29 is 4.79 Å². The predicted octanol–water partition coefficient (Wildman–Crippen LogP) is 2.82. The molecular weight excluding hydrogens is 329 g/mol. The van der Waals surface area contributed by atoms with Crippen LogP contribution in [0.4, 0.5) is 0 Å². The number of rotatable bonds is 4. The van der Waals surface area contributed by atoms with Crippen LogP contribution in [-0.4, -0.2) is 22.8 Å². The first-order valence-corrected chi connectivity index (χ1v) is 6.93. The summed E-state index contributed by atoms with van der Waals surface area (Å²) in [6.07, 6.45) is 0. The van der Waals surface area contributed by atoms with E-state index < -0.39 is 5.54 Å². The maximum Gasteiger partial charge on any atom is 0.247 e. The second-order valence-corrected chi connectivity index (χ2v) is 5.43. The van der Waals surface area contributed by atoms with Gasteiger partial charge in [0.25, 0.3) is 0 Å². The van der Waals surface area contributed by atoms with E-state index in [1.165, 1.54) is 11.3 Å². The zero-order valence-electron chi connectivity index (χ0n) is 11.9. The Hall–Kier alpha value is -1.14. The highest BCUT2D eigenvalue weighted by atomic mass is 35.5. The first-order chi connectivity index (χ1) is 9.01. The van der Waals surface area contributed by atoms with Gasteiger partial charge in [-0.15, -0.1) is 36.2 Å². The van der Waals surface area contributed by atoms with Crippen LogP contribution in [0, 0.1) is 0 Å². The number of thiazole rings is 1. The number of carbonyl (C=O) groups is 1. The van der Waals surface area contributed by atoms with E-state index in [-0.39, 0.29) is 30.7 Å². The molecule has 7 heteroatoms. The number of carbonyl (C=O) groups excluding carboxylic acids is 1. The molecule has 0 fully saturated rings. The summed E-state index contributed by atoms with van der Waals surface area (Å²) in [5, 5.41) is 1.93. The number of nitrogens with zero attached hydrogens (tertiary/aromatic N) is 2. The normalized spacial score (nSPS) is 12.5. The third-order valence-electron chi connectivity index (χ3n) is 3.05. The molecule has 1 aromatic carbocycles. The van der Waals surface area contributed by atoms with Gasteiger partial charge >= 0.3 is 0 Å². The molecule has 0 saturated carbocycles. The van der Waals surface area contributed by atoms with E-state index in [4.69, 9.17) is 5.73 Å². The van der Waals surface area contributed by atoms with Crippen molar-refractivity contribution in [1.82, 2.24) is 9.88 Å². The predicted molar refractivity (Wildman–Crippen MR) is 91.1 cm³/mol. The van der Waals surface area contributed by atoms with E-state index >= 15 is 0 Å². The van der Waals surface area contributed by atoms with Crippen molar-refractivity contribution >= 4 is 42.1 Å². The fourth-order valence-corrected chi connectivity index (χ4v) is 2.48. The van der Waals surface area contributed by atoms with Gasteiger partial charge in [0.15, 0.2) is 0 Å². The molecule has 0 aliphatic heterocycles. The van der Waals surface area contributed by atoms with Gasteiger partial charge in [-0.3, -0.25) is 4.79 Å². The lowest BCUT2D eigenvalue weighted by Crippen LogP contribution is -2.49. The molecular formula is C14H19Cl2N3OS. The van der Waals surface area contributed by atoms with Gasteiger partial charge in [-0.25, -0.2) is 4.98 Å². The van der Waals surface area contributed by atoms with E-state index in [1.54, 1.807) is 24.4 Å². The minimum absolute atomic E-state index is 0. The summed E-state index contributed by atoms with van der Waals surface area (Å²) < 4.78 is 0. The summed E-state index contributed by atoms with van der Waals surface area (Å²) in [5.41, 5.74) is 8.63. The topological polar surface area (TPSA) is 59.2 Å². The van der Waals surface area contributed by atoms with Gasteiger partial charge in [0, 0.05) is 12.4 Å². The molecule has 2 aromatic rings. The number of halogens is 2. The maximum absolute atomic E-state index is 12.5. The molecule has 1 unspecified atom stereocenters. The lowest BCUT2D eigenvalue weighted by Gasteiger charge is -2.29. The molecule has 4 nitrogen and oxygen atoms in total. The van der Waals surface area contributed by atoms with E-state index in [2.05, 4.69) is 4.98 Å². The molecule has 0 aliphatic carbocycles. The first-order valence-electron chi connectivity index (χ1n) is 5.99. The zero-order chi connectivity index (χ0) is 13.9. The second kappa shape index (κ2) is 8.34. The minimum Gasteiger partial charge on any atom is -0.338 e. The molecule has 1 heterocycles. The first kappa shape index (κ1) is 19.9. The number of hydrogen-bond donors (Lipinski definition) is 1. The largest absolute Gasteiger partial charge is 0.338 e. The van der Waals surface area contributed by atoms with Gasteiger partial charge in [-0.05, 0) is 12.5 Å². The highest BCUT2D eigenvalue weighted by Crippen LogP contribution is 2.20. The number of likely N-dealkylation sites (N-methyl/N-ethyl adjacent to an activating group) is 1. The van der Waals surface area contributed by atoms with Crippen molar-refractivity contribution in [2.75, 3.05) is 7.05 Å². The second-order valence-electron chi connectivity index (χ2n) is 4.71. The van der Waals surface area contributed by atoms with Crippen LogP contribution in [0.15, 0.2) is 41.2 Å². The Balaban J connectivity index is 0.00000200. The monoisotopic (exact) mass is 347 g/mol. The Kier molecular flexibility index (Phi) is 7.89. The van der Waals surface area contributed by atoms with Gasteiger partial charge in [-0.2, -0.15) is 0 Å². The van der Waals surface area contributed by atoms with E-state index in [1.807, 2.05) is 35.7 Å². The summed E-state index contributed by atoms with van der Waals surface area (Å²) in [6, 6.07) is 9.41. The Morgan fingerprint density at radius 1 is 1.33 bits per heavy atom. The number of nitrogens with two attached hydrogens (primary N) is 1. The van der Waals surface area contributed by atoms with Crippen LogP contribution in [0.2, 0.25) is 0 Å². The Morgan fingerprint density at radius 3 is 2.48 bits per heavy atom. The number of amides is 1. The van der Waals surface area contributed by atoms with Crippen LogP contribution in [0.5, 0.6) is 0 Å². The summed E-state index contributed by atoms with van der Waals surface area (Å²) >= 11 is 1.52. The fourth-order valence-electron chi connectivity index (χ4n) is 1.93. The van der Waals surface area contributed by atoms with E-state index in [9.17, 15) is 4.79 Å². The summed E-state index contributed by atoms with van der Waals surface area (Å²) in [5.74, 6) is -0.119. The highest BCUT2D eigenvalue weighted by Gasteiger charge is 2.33. The summed E-state index contributed by atoms with van der Waals surface area (Å²) in [4.78, 5) is 18.3. The quantitative estimate of drug-likeness (QED) is 0.924. The average molecular weight is 348 g/mol. The van der Waals surface area contributed by atoms with E-state index in [0.717, 1.165) is 11.3 Å². The zero-order valence-corrected chi connectivity index (χ0v) is 14.3. The molecule has 1 amide bonds. The van der Waals surface area contributed by atoms with Crippen molar-refractivity contribution in [2.45, 2.75) is 19.0 Å². The molecule has 1 atom stereocenters. The molecule has 0 radical (unpaired) electrons. The molecule has 116 valence electrons. The Bertz CT molecular complexity index is 547. The van der Waals surface area contributed by atoms with Gasteiger partial charge in [0.2, 0.25) is 5.91 Å². The SMILES string of the molecule is CN(Cc1cscn1)C(=O)C(C)(N)c1ccccc1.Cl.Cl. The third kappa shape index (κ3) is 4.68. The van der Waals surface area contributed by atoms with Crippen molar-refractivity contribution in [2.24, 2.45) is 5.73 Å². The summed E-state index contributed by atoms with van der Waals surface area (Å²) in [6.45, 7) is 2.21. The van der Waals surface area contributed by atoms with E-state index in [0.29, 0.717) is 6.54 Å². The molecule has 0 aliphatic rings. The van der Waals surface area contributed by atoms with Crippen LogP contribution in [0.3, 0.4) is 0 Å². The molecule has 2 N–H and O–H groups in total. The lowest BCUT2D eigenvalue weighted by atomic mass is 9.92. The molecule has 2 rings (SSSR count). The Morgan fingerprint density at radius 2 is 1.95 bits per heavy atom. The number of hydrogen-bond acceptors (Lipinski definition) is 4. The summed E-state index contributed by atoms with van der Waals surface area (Å²) in [7, 11) is 1.75. The van der Waals surface area contributed by atoms with Crippen molar-refractivity contribution in [3.63, 3.8) is 0 Å². The van der Waals surface area contributed by atoms with Crippen molar-refractivity contribution in [1.29, 1.82) is 0 Å². The van der Waals surface area contributed by atoms with Gasteiger partial charge in [-0.1, -0.05) is 30.3 Å². The van der Waals surface area contributed by atoms with Crippen molar-refractivity contribution in [3.8, 4) is 0 Å². The standard InChI is InChI=1S/C14H17N3OS.2ClH/c1-14(15,11-6-4-3-5-7-11)13(18)17(2)8-12-9-19-10-16-12;;/h3-7,9-10H,8,15H2,1-2H3;2*1H. The number of aromatic nitrogens is 1. The van der Waals surface area contributed by atoms with Crippen LogP contribution in [-0.2, 0) is 16.9 Å². The third-order valence-corrected chi connectivity index (χ3v) is 3.68. The molecule has 0 spiro atoms. The van der Waals surface area contributed by atoms with Gasteiger partial charge in [0.1, 0.15) is 5.54 Å². The number of benzene rings is 1. The molecule has 1 aromatic heterocycles. The van der Waals surface area contributed by atoms with Crippen molar-refractivity contribution in [3.05, 3.63) is 52.5 Å². The fraction of sp³-hybridized carbons (Fsp3) is 0.286. The van der Waals surface area contributed by atoms with Gasteiger partial charge in [0.05, 0.1) is 17.7 Å². The Labute approximate surface area is 141 Å².